The van der Waals surface area contributed by atoms with Crippen LogP contribution in [0.2, 0.25) is 0 Å². The SMILES string of the molecule is COC(=O)Cc1csc(N/N=C\c2cc(OC)c(OC)c([N+](=O)[O-])c2)n1. The highest BCUT2D eigenvalue weighted by molar-refractivity contribution is 7.13. The van der Waals surface area contributed by atoms with E-state index in [0.29, 0.717) is 16.4 Å². The number of hydrogen-bond donors (Lipinski definition) is 1. The molecule has 1 aromatic carbocycles. The minimum atomic E-state index is -0.563. The van der Waals surface area contributed by atoms with Gasteiger partial charge >= 0.3 is 11.7 Å². The fraction of sp³-hybridized carbons (Fsp3) is 0.267. The number of carbonyl (C=O) groups is 1. The van der Waals surface area contributed by atoms with Crippen LogP contribution in [-0.2, 0) is 16.0 Å². The molecule has 0 spiro atoms. The lowest BCUT2D eigenvalue weighted by atomic mass is 10.2. The van der Waals surface area contributed by atoms with Gasteiger partial charge in [-0.2, -0.15) is 5.10 Å². The van der Waals surface area contributed by atoms with Crippen molar-refractivity contribution in [1.29, 1.82) is 0 Å². The summed E-state index contributed by atoms with van der Waals surface area (Å²) >= 11 is 1.26. The Morgan fingerprint density at radius 2 is 2.15 bits per heavy atom. The first-order valence-corrected chi connectivity index (χ1v) is 8.07. The van der Waals surface area contributed by atoms with Crippen molar-refractivity contribution in [2.45, 2.75) is 6.42 Å². The Morgan fingerprint density at radius 1 is 1.38 bits per heavy atom. The molecule has 0 fully saturated rings. The second-order valence-electron chi connectivity index (χ2n) is 4.80. The maximum absolute atomic E-state index is 11.2. The summed E-state index contributed by atoms with van der Waals surface area (Å²) in [5, 5.41) is 17.3. The summed E-state index contributed by atoms with van der Waals surface area (Å²) in [6, 6.07) is 2.87. The smallest absolute Gasteiger partial charge is 0.315 e. The molecule has 26 heavy (non-hydrogen) atoms. The van der Waals surface area contributed by atoms with Crippen molar-refractivity contribution < 1.29 is 23.9 Å². The van der Waals surface area contributed by atoms with Crippen molar-refractivity contribution in [1.82, 2.24) is 4.98 Å². The number of nitrogens with one attached hydrogen (secondary N) is 1. The predicted octanol–water partition coefficient (Wildman–Crippen LogP) is 2.23. The van der Waals surface area contributed by atoms with Gasteiger partial charge < -0.3 is 14.2 Å². The third-order valence-electron chi connectivity index (χ3n) is 3.16. The normalized spacial score (nSPS) is 10.6. The van der Waals surface area contributed by atoms with E-state index in [2.05, 4.69) is 20.2 Å². The van der Waals surface area contributed by atoms with Gasteiger partial charge in [-0.05, 0) is 6.07 Å². The summed E-state index contributed by atoms with van der Waals surface area (Å²) in [5.41, 5.74) is 3.46. The number of benzene rings is 1. The van der Waals surface area contributed by atoms with Crippen LogP contribution in [0.4, 0.5) is 10.8 Å². The number of thiazole rings is 1. The summed E-state index contributed by atoms with van der Waals surface area (Å²) in [6.45, 7) is 0. The number of hydrogen-bond acceptors (Lipinski definition) is 10. The molecule has 1 heterocycles. The molecule has 11 heteroatoms. The molecule has 138 valence electrons. The van der Waals surface area contributed by atoms with Crippen LogP contribution in [0.5, 0.6) is 11.5 Å². The number of nitro groups is 1. The van der Waals surface area contributed by atoms with E-state index < -0.39 is 4.92 Å². The molecular formula is C15H16N4O6S. The molecule has 0 bridgehead atoms. The van der Waals surface area contributed by atoms with E-state index in [1.807, 2.05) is 0 Å². The summed E-state index contributed by atoms with van der Waals surface area (Å²) in [5.74, 6) is -0.129. The van der Waals surface area contributed by atoms with E-state index in [0.717, 1.165) is 0 Å². The predicted molar refractivity (Wildman–Crippen MR) is 95.3 cm³/mol. The highest BCUT2D eigenvalue weighted by atomic mass is 32.1. The monoisotopic (exact) mass is 380 g/mol. The Balaban J connectivity index is 2.14. The van der Waals surface area contributed by atoms with Gasteiger partial charge in [-0.15, -0.1) is 11.3 Å². The number of methoxy groups -OCH3 is 3. The topological polar surface area (TPSA) is 125 Å². The number of hydrazone groups is 1. The van der Waals surface area contributed by atoms with E-state index in [1.165, 1.54) is 44.9 Å². The summed E-state index contributed by atoms with van der Waals surface area (Å²) < 4.78 is 14.7. The number of carbonyl (C=O) groups excluding carboxylic acids is 1. The molecule has 1 N–H and O–H groups in total. The number of anilines is 1. The number of ether oxygens (including phenoxy) is 3. The standard InChI is InChI=1S/C15H16N4O6S/c1-23-12-5-9(4-11(19(21)22)14(12)25-3)7-16-18-15-17-10(8-26-15)6-13(20)24-2/h4-5,7-8H,6H2,1-3H3,(H,17,18)/b16-7-. The van der Waals surface area contributed by atoms with Gasteiger partial charge in [0.1, 0.15) is 0 Å². The van der Waals surface area contributed by atoms with Crippen molar-refractivity contribution in [3.63, 3.8) is 0 Å². The van der Waals surface area contributed by atoms with Crippen molar-refractivity contribution in [3.05, 3.63) is 38.9 Å². The van der Waals surface area contributed by atoms with Gasteiger partial charge in [0.2, 0.25) is 10.9 Å². The summed E-state index contributed by atoms with van der Waals surface area (Å²) in [6.07, 6.45) is 1.45. The molecule has 1 aromatic heterocycles. The van der Waals surface area contributed by atoms with E-state index in [4.69, 9.17) is 9.47 Å². The highest BCUT2D eigenvalue weighted by Gasteiger charge is 2.21. The molecule has 0 saturated carbocycles. The van der Waals surface area contributed by atoms with E-state index in [-0.39, 0.29) is 29.6 Å². The van der Waals surface area contributed by atoms with Gasteiger partial charge in [0.15, 0.2) is 5.75 Å². The molecule has 2 rings (SSSR count). The zero-order chi connectivity index (χ0) is 19.1. The van der Waals surface area contributed by atoms with Crippen LogP contribution in [0.1, 0.15) is 11.3 Å². The Kier molecular flexibility index (Phi) is 6.44. The van der Waals surface area contributed by atoms with Crippen LogP contribution in [0, 0.1) is 10.1 Å². The molecule has 0 aliphatic rings. The number of aromatic nitrogens is 1. The number of nitrogens with zero attached hydrogens (tertiary/aromatic N) is 3. The van der Waals surface area contributed by atoms with E-state index >= 15 is 0 Å². The average Bonchev–Trinajstić information content (AvgIpc) is 3.07. The Morgan fingerprint density at radius 3 is 2.77 bits per heavy atom. The minimum Gasteiger partial charge on any atom is -0.493 e. The van der Waals surface area contributed by atoms with E-state index in [9.17, 15) is 14.9 Å². The molecule has 0 saturated heterocycles. The van der Waals surface area contributed by atoms with Gasteiger partial charge in [0.05, 0.1) is 44.6 Å². The molecule has 0 aliphatic heterocycles. The molecule has 0 amide bonds. The van der Waals surface area contributed by atoms with Crippen molar-refractivity contribution in [2.75, 3.05) is 26.8 Å². The van der Waals surface area contributed by atoms with Crippen LogP contribution in [0.3, 0.4) is 0 Å². The maximum Gasteiger partial charge on any atom is 0.315 e. The van der Waals surface area contributed by atoms with Gasteiger partial charge in [-0.3, -0.25) is 20.3 Å². The Bertz CT molecular complexity index is 836. The Labute approximate surface area is 152 Å². The lowest BCUT2D eigenvalue weighted by molar-refractivity contribution is -0.385. The van der Waals surface area contributed by atoms with Gasteiger partial charge in [0.25, 0.3) is 0 Å². The summed E-state index contributed by atoms with van der Waals surface area (Å²) in [7, 11) is 4.02. The molecule has 0 aliphatic carbocycles. The molecule has 0 unspecified atom stereocenters. The average molecular weight is 380 g/mol. The Hall–Kier alpha value is -3.21. The van der Waals surface area contributed by atoms with Gasteiger partial charge in [-0.25, -0.2) is 4.98 Å². The van der Waals surface area contributed by atoms with Crippen LogP contribution in [0.25, 0.3) is 0 Å². The second-order valence-corrected chi connectivity index (χ2v) is 5.66. The quantitative estimate of drug-likeness (QED) is 0.320. The van der Waals surface area contributed by atoms with Crippen LogP contribution in [-0.4, -0.2) is 43.4 Å². The first-order valence-electron chi connectivity index (χ1n) is 7.19. The fourth-order valence-corrected chi connectivity index (χ4v) is 2.66. The lowest BCUT2D eigenvalue weighted by Crippen LogP contribution is -2.04. The zero-order valence-corrected chi connectivity index (χ0v) is 15.0. The first kappa shape index (κ1) is 19.1. The third kappa shape index (κ3) is 4.66. The van der Waals surface area contributed by atoms with Crippen LogP contribution < -0.4 is 14.9 Å². The molecule has 10 nitrogen and oxygen atoms in total. The fourth-order valence-electron chi connectivity index (χ4n) is 2.00. The van der Waals surface area contributed by atoms with Gasteiger partial charge in [0, 0.05) is 17.0 Å². The van der Waals surface area contributed by atoms with Gasteiger partial charge in [-0.1, -0.05) is 0 Å². The largest absolute Gasteiger partial charge is 0.493 e. The van der Waals surface area contributed by atoms with Crippen molar-refractivity contribution in [3.8, 4) is 11.5 Å². The first-order chi connectivity index (χ1) is 12.5. The molecule has 2 aromatic rings. The number of rotatable bonds is 8. The molecule has 0 atom stereocenters. The maximum atomic E-state index is 11.2. The second kappa shape index (κ2) is 8.76. The van der Waals surface area contributed by atoms with Crippen molar-refractivity contribution >= 4 is 34.3 Å². The van der Waals surface area contributed by atoms with E-state index in [1.54, 1.807) is 11.4 Å². The molecular weight excluding hydrogens is 364 g/mol. The number of nitro benzene ring substituents is 1. The highest BCUT2D eigenvalue weighted by Crippen LogP contribution is 2.37. The number of esters is 1. The van der Waals surface area contributed by atoms with Crippen LogP contribution in [0.15, 0.2) is 22.6 Å². The lowest BCUT2D eigenvalue weighted by Gasteiger charge is -2.08. The van der Waals surface area contributed by atoms with Crippen molar-refractivity contribution in [2.24, 2.45) is 5.10 Å². The third-order valence-corrected chi connectivity index (χ3v) is 3.95. The zero-order valence-electron chi connectivity index (χ0n) is 14.2. The summed E-state index contributed by atoms with van der Waals surface area (Å²) in [4.78, 5) is 26.0. The minimum absolute atomic E-state index is 0.0370. The molecule has 0 radical (unpaired) electrons. The van der Waals surface area contributed by atoms with Crippen LogP contribution >= 0.6 is 11.3 Å².